The lowest BCUT2D eigenvalue weighted by Crippen LogP contribution is -2.20. The summed E-state index contributed by atoms with van der Waals surface area (Å²) in [7, 11) is 0. The molecule has 0 aromatic heterocycles. The third kappa shape index (κ3) is 2.59. The van der Waals surface area contributed by atoms with Crippen LogP contribution >= 0.6 is 11.6 Å². The first kappa shape index (κ1) is 13.9. The van der Waals surface area contributed by atoms with Crippen molar-refractivity contribution < 1.29 is 9.53 Å². The van der Waals surface area contributed by atoms with Gasteiger partial charge in [-0.25, -0.2) is 4.79 Å². The summed E-state index contributed by atoms with van der Waals surface area (Å²) in [4.78, 5) is 12.2. The highest BCUT2D eigenvalue weighted by Gasteiger charge is 2.42. The average Bonchev–Trinajstić information content (AvgIpc) is 2.85. The van der Waals surface area contributed by atoms with Crippen molar-refractivity contribution in [2.45, 2.75) is 18.9 Å². The molecule has 0 spiro atoms. The van der Waals surface area contributed by atoms with Crippen LogP contribution < -0.4 is 0 Å². The molecule has 2 nitrogen and oxygen atoms in total. The minimum atomic E-state index is -0.650. The molecule has 0 radical (unpaired) electrons. The molecule has 1 aliphatic rings. The van der Waals surface area contributed by atoms with Gasteiger partial charge < -0.3 is 4.74 Å². The highest BCUT2D eigenvalue weighted by atomic mass is 35.5. The van der Waals surface area contributed by atoms with Gasteiger partial charge in [-0.3, -0.25) is 0 Å². The van der Waals surface area contributed by atoms with Crippen LogP contribution in [0, 0.1) is 0 Å². The van der Waals surface area contributed by atoms with Gasteiger partial charge in [-0.2, -0.15) is 0 Å². The number of esters is 1. The van der Waals surface area contributed by atoms with E-state index in [2.05, 4.69) is 0 Å². The number of benzene rings is 2. The summed E-state index contributed by atoms with van der Waals surface area (Å²) in [5, 5.41) is 0.472. The largest absolute Gasteiger partial charge is 0.451 e. The Kier molecular flexibility index (Phi) is 3.56. The van der Waals surface area contributed by atoms with E-state index in [1.807, 2.05) is 67.6 Å². The summed E-state index contributed by atoms with van der Waals surface area (Å²) >= 11 is 6.40. The molecular weight excluding hydrogens is 284 g/mol. The lowest BCUT2D eigenvalue weighted by atomic mass is 9.91. The second-order valence-electron chi connectivity index (χ2n) is 5.32. The van der Waals surface area contributed by atoms with Gasteiger partial charge in [-0.05, 0) is 18.1 Å². The van der Waals surface area contributed by atoms with Crippen LogP contribution in [-0.2, 0) is 15.1 Å². The molecule has 1 unspecified atom stereocenters. The minimum absolute atomic E-state index is 0.338. The van der Waals surface area contributed by atoms with Crippen LogP contribution in [0.4, 0.5) is 0 Å². The molecule has 0 aliphatic carbocycles. The summed E-state index contributed by atoms with van der Waals surface area (Å²) in [6.07, 6.45) is 0.476. The zero-order chi connectivity index (χ0) is 14.9. The summed E-state index contributed by atoms with van der Waals surface area (Å²) in [5.74, 6) is -0.338. The zero-order valence-corrected chi connectivity index (χ0v) is 12.4. The Balaban J connectivity index is 1.99. The fraction of sp³-hybridized carbons (Fsp3) is 0.167. The molecule has 1 saturated heterocycles. The van der Waals surface area contributed by atoms with Gasteiger partial charge in [-0.15, -0.1) is 0 Å². The molecule has 3 heteroatoms. The van der Waals surface area contributed by atoms with Crippen LogP contribution in [0.25, 0.3) is 5.03 Å². The Labute approximate surface area is 129 Å². The molecule has 2 aromatic rings. The molecule has 1 fully saturated rings. The second kappa shape index (κ2) is 5.38. The number of carbonyl (C=O) groups excluding carboxylic acids is 1. The zero-order valence-electron chi connectivity index (χ0n) is 11.7. The van der Waals surface area contributed by atoms with Gasteiger partial charge in [0.05, 0.1) is 10.6 Å². The molecule has 0 N–H and O–H groups in total. The smallest absolute Gasteiger partial charge is 0.336 e. The van der Waals surface area contributed by atoms with E-state index in [1.54, 1.807) is 0 Å². The van der Waals surface area contributed by atoms with Crippen LogP contribution in [0.15, 0.2) is 66.2 Å². The van der Waals surface area contributed by atoms with E-state index in [1.165, 1.54) is 0 Å². The van der Waals surface area contributed by atoms with Crippen molar-refractivity contribution >= 4 is 22.6 Å². The van der Waals surface area contributed by atoms with Gasteiger partial charge in [0.1, 0.15) is 5.60 Å². The maximum Gasteiger partial charge on any atom is 0.336 e. The minimum Gasteiger partial charge on any atom is -0.451 e. The molecule has 1 heterocycles. The maximum absolute atomic E-state index is 12.2. The van der Waals surface area contributed by atoms with Crippen LogP contribution in [-0.4, -0.2) is 5.97 Å². The van der Waals surface area contributed by atoms with E-state index in [0.29, 0.717) is 17.0 Å². The molecule has 0 saturated carbocycles. The van der Waals surface area contributed by atoms with Crippen molar-refractivity contribution in [1.82, 2.24) is 0 Å². The molecule has 106 valence electrons. The second-order valence-corrected chi connectivity index (χ2v) is 5.70. The lowest BCUT2D eigenvalue weighted by Gasteiger charge is -2.22. The Bertz CT molecular complexity index is 692. The van der Waals surface area contributed by atoms with Crippen molar-refractivity contribution in [3.05, 3.63) is 77.4 Å². The maximum atomic E-state index is 12.2. The fourth-order valence-corrected chi connectivity index (χ4v) is 2.86. The van der Waals surface area contributed by atoms with Crippen molar-refractivity contribution in [2.24, 2.45) is 0 Å². The number of cyclic esters (lactones) is 1. The average molecular weight is 299 g/mol. The predicted octanol–water partition coefficient (Wildman–Crippen LogP) is 4.50. The van der Waals surface area contributed by atoms with E-state index < -0.39 is 5.60 Å². The lowest BCUT2D eigenvalue weighted by molar-refractivity contribution is -0.145. The number of carbonyl (C=O) groups is 1. The normalized spacial score (nSPS) is 23.8. The quantitative estimate of drug-likeness (QED) is 0.603. The molecule has 1 aliphatic heterocycles. The van der Waals surface area contributed by atoms with Gasteiger partial charge in [0.15, 0.2) is 0 Å². The number of hydrogen-bond acceptors (Lipinski definition) is 2. The Morgan fingerprint density at radius 3 is 2.24 bits per heavy atom. The first-order valence-electron chi connectivity index (χ1n) is 6.83. The first-order valence-corrected chi connectivity index (χ1v) is 7.21. The number of rotatable bonds is 2. The van der Waals surface area contributed by atoms with Crippen molar-refractivity contribution in [3.8, 4) is 0 Å². The molecular formula is C18H15ClO2. The molecule has 21 heavy (non-hydrogen) atoms. The van der Waals surface area contributed by atoms with E-state index in [4.69, 9.17) is 16.3 Å². The van der Waals surface area contributed by atoms with E-state index in [0.717, 1.165) is 11.1 Å². The van der Waals surface area contributed by atoms with Crippen LogP contribution in [0.5, 0.6) is 0 Å². The van der Waals surface area contributed by atoms with Crippen molar-refractivity contribution in [3.63, 3.8) is 0 Å². The van der Waals surface area contributed by atoms with Gasteiger partial charge in [-0.1, -0.05) is 72.3 Å². The van der Waals surface area contributed by atoms with Crippen LogP contribution in [0.2, 0.25) is 0 Å². The van der Waals surface area contributed by atoms with Crippen LogP contribution in [0.1, 0.15) is 24.5 Å². The Morgan fingerprint density at radius 2 is 1.62 bits per heavy atom. The Morgan fingerprint density at radius 1 is 1.05 bits per heavy atom. The predicted molar refractivity (Wildman–Crippen MR) is 83.7 cm³/mol. The molecule has 0 bridgehead atoms. The molecule has 3 rings (SSSR count). The number of halogens is 1. The monoisotopic (exact) mass is 298 g/mol. The topological polar surface area (TPSA) is 26.3 Å². The highest BCUT2D eigenvalue weighted by Crippen LogP contribution is 2.42. The third-order valence-electron chi connectivity index (χ3n) is 3.76. The number of hydrogen-bond donors (Lipinski definition) is 0. The summed E-state index contributed by atoms with van der Waals surface area (Å²) < 4.78 is 5.61. The Hall–Kier alpha value is -2.06. The fourth-order valence-electron chi connectivity index (χ4n) is 2.59. The molecule has 1 atom stereocenters. The van der Waals surface area contributed by atoms with E-state index >= 15 is 0 Å². The van der Waals surface area contributed by atoms with Gasteiger partial charge in [0.2, 0.25) is 0 Å². The molecule has 0 amide bonds. The van der Waals surface area contributed by atoms with E-state index in [-0.39, 0.29) is 5.97 Å². The number of ether oxygens (including phenoxy) is 1. The summed E-state index contributed by atoms with van der Waals surface area (Å²) in [6, 6.07) is 19.2. The van der Waals surface area contributed by atoms with Crippen molar-refractivity contribution in [1.29, 1.82) is 0 Å². The third-order valence-corrected chi connectivity index (χ3v) is 4.20. The van der Waals surface area contributed by atoms with Gasteiger partial charge in [0.25, 0.3) is 0 Å². The summed E-state index contributed by atoms with van der Waals surface area (Å²) in [5.41, 5.74) is 1.70. The van der Waals surface area contributed by atoms with Gasteiger partial charge >= 0.3 is 5.97 Å². The van der Waals surface area contributed by atoms with E-state index in [9.17, 15) is 4.79 Å². The van der Waals surface area contributed by atoms with Crippen molar-refractivity contribution in [2.75, 3.05) is 0 Å². The first-order chi connectivity index (χ1) is 10.1. The SMILES string of the molecule is CC1(c2ccccc2)C/C(=C(/Cl)c2ccccc2)C(=O)O1. The van der Waals surface area contributed by atoms with Gasteiger partial charge in [0, 0.05) is 6.42 Å². The standard InChI is InChI=1S/C18H15ClO2/c1-18(14-10-6-3-7-11-14)12-15(17(20)21-18)16(19)13-8-4-2-5-9-13/h2-11H,12H2,1H3/b16-15-. The summed E-state index contributed by atoms with van der Waals surface area (Å²) in [6.45, 7) is 1.92. The molecule has 2 aromatic carbocycles. The highest BCUT2D eigenvalue weighted by molar-refractivity contribution is 6.51. The van der Waals surface area contributed by atoms with Crippen LogP contribution in [0.3, 0.4) is 0 Å².